The van der Waals surface area contributed by atoms with Gasteiger partial charge in [-0.2, -0.15) is 11.8 Å². The van der Waals surface area contributed by atoms with Crippen LogP contribution in [0.25, 0.3) is 0 Å². The van der Waals surface area contributed by atoms with E-state index in [1.807, 2.05) is 0 Å². The van der Waals surface area contributed by atoms with Crippen LogP contribution in [-0.4, -0.2) is 18.1 Å². The molecule has 0 saturated carbocycles. The third kappa shape index (κ3) is 2.95. The smallest absolute Gasteiger partial charge is 0.0400 e. The van der Waals surface area contributed by atoms with E-state index in [4.69, 9.17) is 0 Å². The first kappa shape index (κ1) is 12.3. The predicted octanol–water partition coefficient (Wildman–Crippen LogP) is 4.23. The van der Waals surface area contributed by atoms with Gasteiger partial charge in [0.05, 0.1) is 0 Å². The minimum absolute atomic E-state index is 0.854. The van der Waals surface area contributed by atoms with Crippen molar-refractivity contribution in [3.8, 4) is 0 Å². The van der Waals surface area contributed by atoms with Crippen LogP contribution in [0.1, 0.15) is 17.5 Å². The Bertz CT molecular complexity index is 349. The van der Waals surface area contributed by atoms with Gasteiger partial charge in [-0.15, -0.1) is 0 Å². The highest BCUT2D eigenvalue weighted by molar-refractivity contribution is 9.10. The molecular formula is C13H18BrNS. The van der Waals surface area contributed by atoms with Gasteiger partial charge < -0.3 is 5.32 Å². The summed E-state index contributed by atoms with van der Waals surface area (Å²) in [5.74, 6) is 3.51. The minimum atomic E-state index is 0.854. The predicted molar refractivity (Wildman–Crippen MR) is 77.5 cm³/mol. The lowest BCUT2D eigenvalue weighted by Crippen LogP contribution is -2.14. The molecule has 1 unspecified atom stereocenters. The van der Waals surface area contributed by atoms with Gasteiger partial charge in [-0.3, -0.25) is 0 Å². The fraction of sp³-hybridized carbons (Fsp3) is 0.538. The number of rotatable bonds is 3. The van der Waals surface area contributed by atoms with E-state index in [9.17, 15) is 0 Å². The Morgan fingerprint density at radius 2 is 2.06 bits per heavy atom. The van der Waals surface area contributed by atoms with Crippen molar-refractivity contribution < 1.29 is 0 Å². The van der Waals surface area contributed by atoms with Crippen LogP contribution in [-0.2, 0) is 0 Å². The van der Waals surface area contributed by atoms with Crippen molar-refractivity contribution in [2.75, 3.05) is 23.4 Å². The number of anilines is 1. The molecule has 1 saturated heterocycles. The molecule has 1 N–H and O–H groups in total. The Kier molecular flexibility index (Phi) is 4.20. The molecule has 1 heterocycles. The van der Waals surface area contributed by atoms with Gasteiger partial charge in [-0.1, -0.05) is 15.9 Å². The van der Waals surface area contributed by atoms with Crippen molar-refractivity contribution in [1.82, 2.24) is 0 Å². The zero-order chi connectivity index (χ0) is 11.5. The van der Waals surface area contributed by atoms with Gasteiger partial charge in [0.1, 0.15) is 0 Å². The van der Waals surface area contributed by atoms with E-state index in [-0.39, 0.29) is 0 Å². The molecule has 1 nitrogen and oxygen atoms in total. The van der Waals surface area contributed by atoms with Crippen LogP contribution >= 0.6 is 27.7 Å². The van der Waals surface area contributed by atoms with E-state index in [1.165, 1.54) is 39.2 Å². The maximum absolute atomic E-state index is 3.62. The second-order valence-electron chi connectivity index (χ2n) is 4.53. The standard InChI is InChI=1S/C13H18BrNS/c1-9-5-12(14)6-10(2)13(9)15-7-11-3-4-16-8-11/h5-6,11,15H,3-4,7-8H2,1-2H3. The molecule has 0 aliphatic carbocycles. The first-order valence-corrected chi connectivity index (χ1v) is 7.70. The van der Waals surface area contributed by atoms with Crippen LogP contribution in [0, 0.1) is 19.8 Å². The molecule has 0 aromatic heterocycles. The number of aryl methyl sites for hydroxylation is 2. The first-order chi connectivity index (χ1) is 7.66. The third-order valence-electron chi connectivity index (χ3n) is 3.09. The molecule has 2 rings (SSSR count). The van der Waals surface area contributed by atoms with Gasteiger partial charge >= 0.3 is 0 Å². The normalized spacial score (nSPS) is 20.1. The first-order valence-electron chi connectivity index (χ1n) is 5.75. The topological polar surface area (TPSA) is 12.0 Å². The summed E-state index contributed by atoms with van der Waals surface area (Å²) in [7, 11) is 0. The zero-order valence-corrected chi connectivity index (χ0v) is 12.2. The van der Waals surface area contributed by atoms with Gasteiger partial charge in [-0.25, -0.2) is 0 Å². The van der Waals surface area contributed by atoms with Gasteiger partial charge in [-0.05, 0) is 61.0 Å². The number of nitrogens with one attached hydrogen (secondary N) is 1. The number of hydrogen-bond acceptors (Lipinski definition) is 2. The Hall–Kier alpha value is -0.150. The van der Waals surface area contributed by atoms with Gasteiger partial charge in [0, 0.05) is 16.7 Å². The largest absolute Gasteiger partial charge is 0.384 e. The quantitative estimate of drug-likeness (QED) is 0.896. The summed E-state index contributed by atoms with van der Waals surface area (Å²) in [5.41, 5.74) is 3.98. The molecule has 1 aromatic rings. The van der Waals surface area contributed by atoms with Crippen LogP contribution in [0.4, 0.5) is 5.69 Å². The molecule has 0 bridgehead atoms. The number of benzene rings is 1. The second-order valence-corrected chi connectivity index (χ2v) is 6.59. The number of hydrogen-bond donors (Lipinski definition) is 1. The van der Waals surface area contributed by atoms with Crippen LogP contribution in [0.3, 0.4) is 0 Å². The minimum Gasteiger partial charge on any atom is -0.384 e. The highest BCUT2D eigenvalue weighted by Gasteiger charge is 2.15. The van der Waals surface area contributed by atoms with Crippen molar-refractivity contribution in [1.29, 1.82) is 0 Å². The summed E-state index contributed by atoms with van der Waals surface area (Å²) in [5, 5.41) is 3.62. The van der Waals surface area contributed by atoms with Crippen molar-refractivity contribution >= 4 is 33.4 Å². The Balaban J connectivity index is 2.03. The molecule has 1 aliphatic rings. The fourth-order valence-corrected chi connectivity index (χ4v) is 4.15. The maximum Gasteiger partial charge on any atom is 0.0400 e. The Labute approximate surface area is 111 Å². The van der Waals surface area contributed by atoms with Crippen LogP contribution in [0.2, 0.25) is 0 Å². The lowest BCUT2D eigenvalue weighted by atomic mass is 10.1. The molecular weight excluding hydrogens is 282 g/mol. The summed E-state index contributed by atoms with van der Waals surface area (Å²) < 4.78 is 1.17. The molecule has 16 heavy (non-hydrogen) atoms. The number of halogens is 1. The highest BCUT2D eigenvalue weighted by atomic mass is 79.9. The second kappa shape index (κ2) is 5.46. The molecule has 1 fully saturated rings. The number of thioether (sulfide) groups is 1. The molecule has 1 aliphatic heterocycles. The van der Waals surface area contributed by atoms with Crippen molar-refractivity contribution in [3.05, 3.63) is 27.7 Å². The molecule has 0 amide bonds. The average Bonchev–Trinajstić information content (AvgIpc) is 2.68. The average molecular weight is 300 g/mol. The molecule has 1 aromatic carbocycles. The highest BCUT2D eigenvalue weighted by Crippen LogP contribution is 2.27. The monoisotopic (exact) mass is 299 g/mol. The zero-order valence-electron chi connectivity index (χ0n) is 9.85. The van der Waals surface area contributed by atoms with E-state index in [0.29, 0.717) is 0 Å². The van der Waals surface area contributed by atoms with Crippen LogP contribution in [0.15, 0.2) is 16.6 Å². The van der Waals surface area contributed by atoms with E-state index in [0.717, 1.165) is 12.5 Å². The van der Waals surface area contributed by atoms with E-state index < -0.39 is 0 Å². The summed E-state index contributed by atoms with van der Waals surface area (Å²) in [4.78, 5) is 0. The van der Waals surface area contributed by atoms with Crippen LogP contribution < -0.4 is 5.32 Å². The van der Waals surface area contributed by atoms with Crippen molar-refractivity contribution in [3.63, 3.8) is 0 Å². The fourth-order valence-electron chi connectivity index (χ4n) is 2.18. The summed E-state index contributed by atoms with van der Waals surface area (Å²) in [6, 6.07) is 4.36. The van der Waals surface area contributed by atoms with Crippen molar-refractivity contribution in [2.45, 2.75) is 20.3 Å². The van der Waals surface area contributed by atoms with Gasteiger partial charge in [0.15, 0.2) is 0 Å². The van der Waals surface area contributed by atoms with Gasteiger partial charge in [0.25, 0.3) is 0 Å². The molecule has 1 atom stereocenters. The van der Waals surface area contributed by atoms with Crippen LogP contribution in [0.5, 0.6) is 0 Å². The van der Waals surface area contributed by atoms with E-state index in [2.05, 4.69) is 59.0 Å². The molecule has 0 radical (unpaired) electrons. The summed E-state index contributed by atoms with van der Waals surface area (Å²) in [6.45, 7) is 5.46. The SMILES string of the molecule is Cc1cc(Br)cc(C)c1NCC1CCSC1. The summed E-state index contributed by atoms with van der Waals surface area (Å²) >= 11 is 5.61. The van der Waals surface area contributed by atoms with Crippen molar-refractivity contribution in [2.24, 2.45) is 5.92 Å². The molecule has 0 spiro atoms. The molecule has 88 valence electrons. The van der Waals surface area contributed by atoms with Gasteiger partial charge in [0.2, 0.25) is 0 Å². The summed E-state index contributed by atoms with van der Waals surface area (Å²) in [6.07, 6.45) is 1.37. The third-order valence-corrected chi connectivity index (χ3v) is 4.78. The van der Waals surface area contributed by atoms with E-state index >= 15 is 0 Å². The Morgan fingerprint density at radius 1 is 1.38 bits per heavy atom. The maximum atomic E-state index is 3.62. The lowest BCUT2D eigenvalue weighted by molar-refractivity contribution is 0.631. The lowest BCUT2D eigenvalue weighted by Gasteiger charge is -2.16. The Morgan fingerprint density at radius 3 is 2.62 bits per heavy atom. The van der Waals surface area contributed by atoms with E-state index in [1.54, 1.807) is 0 Å². The molecule has 3 heteroatoms.